The van der Waals surface area contributed by atoms with E-state index in [2.05, 4.69) is 21.3 Å². The highest BCUT2D eigenvalue weighted by molar-refractivity contribution is 6.12. The quantitative estimate of drug-likeness (QED) is 0.0847. The van der Waals surface area contributed by atoms with Gasteiger partial charge in [-0.25, -0.2) is 0 Å². The summed E-state index contributed by atoms with van der Waals surface area (Å²) in [6.07, 6.45) is 0. The van der Waals surface area contributed by atoms with Crippen molar-refractivity contribution in [2.24, 2.45) is 0 Å². The van der Waals surface area contributed by atoms with Crippen LogP contribution in [0.3, 0.4) is 0 Å². The zero-order chi connectivity index (χ0) is 39.1. The highest BCUT2D eigenvalue weighted by Gasteiger charge is 2.21. The molecule has 0 radical (unpaired) electrons. The number of hydrogen-bond donors (Lipinski definition) is 5. The standard InChI is InChI=1S/C42H36N4O9/c1-52-35-22-32(36(53-2)20-30(35)43-39(48)24-11-7-5-8-12-24)45-41(50)27-16-15-26-19-34(47)29(18-28(26)17-27)42(51)46-33-23-37(54-3)31(21-38(33)55-4)44-40(49)25-13-9-6-10-14-25/h5-23,47H,1-4H3,(H,43,48)(H,44,49)(H,45,50)(H,46,51). The van der Waals surface area contributed by atoms with Crippen molar-refractivity contribution in [1.29, 1.82) is 0 Å². The average Bonchev–Trinajstić information content (AvgIpc) is 3.21. The molecule has 0 fully saturated rings. The lowest BCUT2D eigenvalue weighted by Crippen LogP contribution is -2.15. The first-order valence-electron chi connectivity index (χ1n) is 16.8. The lowest BCUT2D eigenvalue weighted by molar-refractivity contribution is 0.101. The molecule has 6 aromatic carbocycles. The molecule has 55 heavy (non-hydrogen) atoms. The van der Waals surface area contributed by atoms with E-state index < -0.39 is 11.8 Å². The van der Waals surface area contributed by atoms with E-state index in [1.165, 1.54) is 58.8 Å². The first kappa shape index (κ1) is 37.2. The van der Waals surface area contributed by atoms with E-state index in [1.807, 2.05) is 6.07 Å². The summed E-state index contributed by atoms with van der Waals surface area (Å²) in [4.78, 5) is 52.8. The van der Waals surface area contributed by atoms with Crippen molar-refractivity contribution >= 4 is 57.2 Å². The number of fused-ring (bicyclic) bond motifs is 1. The van der Waals surface area contributed by atoms with E-state index >= 15 is 0 Å². The molecule has 278 valence electrons. The molecule has 0 aliphatic rings. The van der Waals surface area contributed by atoms with Crippen LogP contribution in [0.5, 0.6) is 28.7 Å². The number of nitrogens with one attached hydrogen (secondary N) is 4. The monoisotopic (exact) mass is 740 g/mol. The molecule has 0 aliphatic carbocycles. The van der Waals surface area contributed by atoms with Gasteiger partial charge in [-0.15, -0.1) is 0 Å². The van der Waals surface area contributed by atoms with Crippen LogP contribution in [0.15, 0.2) is 115 Å². The van der Waals surface area contributed by atoms with Gasteiger partial charge >= 0.3 is 0 Å². The van der Waals surface area contributed by atoms with Crippen LogP contribution in [-0.2, 0) is 0 Å². The summed E-state index contributed by atoms with van der Waals surface area (Å²) in [5.74, 6) is -1.18. The molecule has 0 bridgehead atoms. The fourth-order valence-electron chi connectivity index (χ4n) is 5.75. The Hall–Kier alpha value is -7.54. The van der Waals surface area contributed by atoms with Gasteiger partial charge in [0.2, 0.25) is 0 Å². The van der Waals surface area contributed by atoms with Crippen LogP contribution in [0.4, 0.5) is 22.7 Å². The third-order valence-electron chi connectivity index (χ3n) is 8.57. The molecule has 13 nitrogen and oxygen atoms in total. The maximum absolute atomic E-state index is 13.6. The molecule has 4 amide bonds. The largest absolute Gasteiger partial charge is 0.507 e. The molecule has 0 aromatic heterocycles. The van der Waals surface area contributed by atoms with Crippen LogP contribution >= 0.6 is 0 Å². The van der Waals surface area contributed by atoms with Gasteiger partial charge in [0.15, 0.2) is 0 Å². The van der Waals surface area contributed by atoms with Crippen molar-refractivity contribution in [3.63, 3.8) is 0 Å². The summed E-state index contributed by atoms with van der Waals surface area (Å²) in [5, 5.41) is 23.1. The maximum atomic E-state index is 13.6. The van der Waals surface area contributed by atoms with E-state index in [4.69, 9.17) is 18.9 Å². The number of amides is 4. The summed E-state index contributed by atoms with van der Waals surface area (Å²) in [7, 11) is 5.69. The van der Waals surface area contributed by atoms with Crippen molar-refractivity contribution in [2.75, 3.05) is 49.7 Å². The Kier molecular flexibility index (Phi) is 11.1. The van der Waals surface area contributed by atoms with E-state index in [0.29, 0.717) is 33.3 Å². The highest BCUT2D eigenvalue weighted by atomic mass is 16.5. The Bertz CT molecular complexity index is 2420. The maximum Gasteiger partial charge on any atom is 0.259 e. The van der Waals surface area contributed by atoms with Crippen molar-refractivity contribution in [1.82, 2.24) is 0 Å². The molecule has 6 rings (SSSR count). The molecule has 13 heteroatoms. The molecule has 0 heterocycles. The van der Waals surface area contributed by atoms with Crippen molar-refractivity contribution in [3.8, 4) is 28.7 Å². The van der Waals surface area contributed by atoms with Crippen molar-refractivity contribution in [2.45, 2.75) is 0 Å². The first-order chi connectivity index (χ1) is 26.6. The number of hydrogen-bond acceptors (Lipinski definition) is 9. The molecule has 0 spiro atoms. The number of carbonyl (C=O) groups is 4. The van der Waals surface area contributed by atoms with E-state index in [9.17, 15) is 24.3 Å². The van der Waals surface area contributed by atoms with Crippen molar-refractivity contribution in [3.05, 3.63) is 138 Å². The van der Waals surface area contributed by atoms with Crippen LogP contribution in [0.2, 0.25) is 0 Å². The van der Waals surface area contributed by atoms with Crippen molar-refractivity contribution < 1.29 is 43.2 Å². The predicted molar refractivity (Wildman–Crippen MR) is 209 cm³/mol. The van der Waals surface area contributed by atoms with Gasteiger partial charge in [0.1, 0.15) is 28.7 Å². The summed E-state index contributed by atoms with van der Waals surface area (Å²) in [6, 6.07) is 31.1. The van der Waals surface area contributed by atoms with E-state index in [0.717, 1.165) is 0 Å². The molecular formula is C42H36N4O9. The fraction of sp³-hybridized carbons (Fsp3) is 0.0952. The lowest BCUT2D eigenvalue weighted by atomic mass is 10.0. The number of rotatable bonds is 12. The Labute approximate surface area is 315 Å². The Morgan fingerprint density at radius 2 is 0.800 bits per heavy atom. The second-order valence-electron chi connectivity index (χ2n) is 12.0. The zero-order valence-electron chi connectivity index (χ0n) is 30.2. The Morgan fingerprint density at radius 3 is 1.20 bits per heavy atom. The zero-order valence-corrected chi connectivity index (χ0v) is 30.2. The van der Waals surface area contributed by atoms with Gasteiger partial charge in [-0.3, -0.25) is 19.2 Å². The molecule has 0 unspecified atom stereocenters. The van der Waals surface area contributed by atoms with Crippen LogP contribution in [0, 0.1) is 0 Å². The number of ether oxygens (including phenoxy) is 4. The molecule has 0 aliphatic heterocycles. The number of phenols is 1. The summed E-state index contributed by atoms with van der Waals surface area (Å²) >= 11 is 0. The van der Waals surface area contributed by atoms with Gasteiger partial charge < -0.3 is 45.3 Å². The Morgan fingerprint density at radius 1 is 0.418 bits per heavy atom. The van der Waals surface area contributed by atoms with Gasteiger partial charge in [0.05, 0.1) is 56.8 Å². The minimum Gasteiger partial charge on any atom is -0.507 e. The van der Waals surface area contributed by atoms with Gasteiger partial charge in [-0.2, -0.15) is 0 Å². The van der Waals surface area contributed by atoms with E-state index in [-0.39, 0.29) is 63.1 Å². The summed E-state index contributed by atoms with van der Waals surface area (Å²) in [6.45, 7) is 0. The average molecular weight is 741 g/mol. The Balaban J connectivity index is 1.22. The third kappa shape index (κ3) is 8.26. The van der Waals surface area contributed by atoms with Gasteiger partial charge in [-0.05, 0) is 59.3 Å². The topological polar surface area (TPSA) is 174 Å². The van der Waals surface area contributed by atoms with Crippen LogP contribution in [0.1, 0.15) is 41.4 Å². The second kappa shape index (κ2) is 16.4. The number of carbonyl (C=O) groups excluding carboxylic acids is 4. The van der Waals surface area contributed by atoms with Crippen LogP contribution in [0.25, 0.3) is 10.8 Å². The molecule has 5 N–H and O–H groups in total. The second-order valence-corrected chi connectivity index (χ2v) is 12.0. The molecule has 0 saturated carbocycles. The van der Waals surface area contributed by atoms with Crippen LogP contribution < -0.4 is 40.2 Å². The number of aromatic hydroxyl groups is 1. The molecule has 0 atom stereocenters. The summed E-state index contributed by atoms with van der Waals surface area (Å²) in [5.41, 5.74) is 2.20. The smallest absolute Gasteiger partial charge is 0.259 e. The minimum absolute atomic E-state index is 0.0768. The number of benzene rings is 6. The molecular weight excluding hydrogens is 704 g/mol. The highest BCUT2D eigenvalue weighted by Crippen LogP contribution is 2.39. The minimum atomic E-state index is -0.674. The van der Waals surface area contributed by atoms with Gasteiger partial charge in [0, 0.05) is 41.0 Å². The van der Waals surface area contributed by atoms with Gasteiger partial charge in [-0.1, -0.05) is 42.5 Å². The molecule has 0 saturated heterocycles. The number of anilines is 4. The van der Waals surface area contributed by atoms with E-state index in [1.54, 1.807) is 78.9 Å². The number of methoxy groups -OCH3 is 4. The predicted octanol–water partition coefficient (Wildman–Crippen LogP) is 7.59. The molecule has 6 aromatic rings. The van der Waals surface area contributed by atoms with Gasteiger partial charge in [0.25, 0.3) is 23.6 Å². The number of phenolic OH excluding ortho intramolecular Hbond substituents is 1. The third-order valence-corrected chi connectivity index (χ3v) is 8.57. The lowest BCUT2D eigenvalue weighted by Gasteiger charge is -2.17. The first-order valence-corrected chi connectivity index (χ1v) is 16.8. The fourth-order valence-corrected chi connectivity index (χ4v) is 5.75. The van der Waals surface area contributed by atoms with Crippen LogP contribution in [-0.4, -0.2) is 57.2 Å². The normalized spacial score (nSPS) is 10.5. The summed E-state index contributed by atoms with van der Waals surface area (Å²) < 4.78 is 22.0. The SMILES string of the molecule is COc1cc(NC(=O)c2ccc3cc(O)c(C(=O)Nc4cc(OC)c(NC(=O)c5ccccc5)cc4OC)cc3c2)c(OC)cc1NC(=O)c1ccccc1.